The van der Waals surface area contributed by atoms with Crippen molar-refractivity contribution in [3.8, 4) is 0 Å². The van der Waals surface area contributed by atoms with Gasteiger partial charge in [0.25, 0.3) is 0 Å². The van der Waals surface area contributed by atoms with Crippen LogP contribution in [0.1, 0.15) is 19.3 Å². The van der Waals surface area contributed by atoms with Gasteiger partial charge in [-0.15, -0.1) is 0 Å². The Labute approximate surface area is 83.4 Å². The smallest absolute Gasteiger partial charge is 0.130 e. The summed E-state index contributed by atoms with van der Waals surface area (Å²) in [5.41, 5.74) is 6.20. The highest BCUT2D eigenvalue weighted by molar-refractivity contribution is 5.46. The second-order valence-corrected chi connectivity index (χ2v) is 3.62. The Bertz CT molecular complexity index is 299. The molecule has 4 nitrogen and oxygen atoms in total. The second kappa shape index (κ2) is 3.84. The zero-order chi connectivity index (χ0) is 9.97. The number of hydrogen-bond acceptors (Lipinski definition) is 4. The van der Waals surface area contributed by atoms with Crippen LogP contribution in [0.25, 0.3) is 0 Å². The van der Waals surface area contributed by atoms with Crippen LogP contribution in [0, 0.1) is 0 Å². The number of rotatable bonds is 1. The minimum atomic E-state index is -0.389. The maximum Gasteiger partial charge on any atom is 0.130 e. The molecule has 1 aliphatic rings. The topological polar surface area (TPSA) is 62.4 Å². The van der Waals surface area contributed by atoms with Crippen LogP contribution in [0.15, 0.2) is 18.3 Å². The Balaban J connectivity index is 2.16. The van der Waals surface area contributed by atoms with Crippen LogP contribution >= 0.6 is 0 Å². The molecule has 0 saturated carbocycles. The molecule has 1 aromatic rings. The van der Waals surface area contributed by atoms with Crippen molar-refractivity contribution in [1.82, 2.24) is 4.98 Å². The summed E-state index contributed by atoms with van der Waals surface area (Å²) in [5, 5.41) is 9.75. The van der Waals surface area contributed by atoms with Crippen molar-refractivity contribution in [2.75, 3.05) is 17.2 Å². The molecule has 1 unspecified atom stereocenters. The van der Waals surface area contributed by atoms with Crippen molar-refractivity contribution in [2.45, 2.75) is 25.5 Å². The lowest BCUT2D eigenvalue weighted by atomic mass is 10.1. The molecule has 0 aliphatic carbocycles. The van der Waals surface area contributed by atoms with E-state index in [0.29, 0.717) is 5.69 Å². The molecule has 3 N–H and O–H groups in total. The quantitative estimate of drug-likeness (QED) is 0.697. The summed E-state index contributed by atoms with van der Waals surface area (Å²) in [6.45, 7) is 0.873. The van der Waals surface area contributed by atoms with E-state index in [1.54, 1.807) is 6.20 Å². The highest BCUT2D eigenvalue weighted by Gasteiger charge is 2.20. The number of nitrogens with two attached hydrogens (primary N) is 1. The number of nitrogen functional groups attached to an aromatic ring is 1. The highest BCUT2D eigenvalue weighted by Crippen LogP contribution is 2.21. The number of aromatic nitrogens is 1. The molecule has 14 heavy (non-hydrogen) atoms. The summed E-state index contributed by atoms with van der Waals surface area (Å²) in [5.74, 6) is 0.811. The lowest BCUT2D eigenvalue weighted by Gasteiger charge is -2.32. The average molecular weight is 193 g/mol. The van der Waals surface area contributed by atoms with Crippen LogP contribution in [0.5, 0.6) is 0 Å². The van der Waals surface area contributed by atoms with E-state index in [2.05, 4.69) is 4.98 Å². The predicted molar refractivity (Wildman–Crippen MR) is 55.9 cm³/mol. The molecule has 2 rings (SSSR count). The van der Waals surface area contributed by atoms with E-state index in [0.717, 1.165) is 31.6 Å². The van der Waals surface area contributed by atoms with Gasteiger partial charge < -0.3 is 15.7 Å². The minimum absolute atomic E-state index is 0.389. The minimum Gasteiger partial charge on any atom is -0.397 e. The summed E-state index contributed by atoms with van der Waals surface area (Å²) in [7, 11) is 0. The fraction of sp³-hybridized carbons (Fsp3) is 0.500. The highest BCUT2D eigenvalue weighted by atomic mass is 16.3. The first kappa shape index (κ1) is 9.27. The molecule has 1 saturated heterocycles. The van der Waals surface area contributed by atoms with Crippen LogP contribution in [-0.2, 0) is 0 Å². The van der Waals surface area contributed by atoms with E-state index < -0.39 is 0 Å². The Morgan fingerprint density at radius 3 is 2.93 bits per heavy atom. The SMILES string of the molecule is Nc1ccc(N2CCCCC2O)nc1. The first-order valence-electron chi connectivity index (χ1n) is 4.93. The third-order valence-corrected chi connectivity index (χ3v) is 2.54. The van der Waals surface area contributed by atoms with Gasteiger partial charge in [0.2, 0.25) is 0 Å². The normalized spacial score (nSPS) is 22.4. The molecule has 0 aromatic carbocycles. The number of pyridine rings is 1. The molecule has 1 atom stereocenters. The van der Waals surface area contributed by atoms with Gasteiger partial charge in [-0.1, -0.05) is 0 Å². The molecule has 1 aromatic heterocycles. The first-order valence-corrected chi connectivity index (χ1v) is 4.93. The van der Waals surface area contributed by atoms with Crippen molar-refractivity contribution in [1.29, 1.82) is 0 Å². The Hall–Kier alpha value is -1.29. The molecule has 0 amide bonds. The predicted octanol–water partition coefficient (Wildman–Crippen LogP) is 0.972. The van der Waals surface area contributed by atoms with Gasteiger partial charge in [0.05, 0.1) is 11.9 Å². The van der Waals surface area contributed by atoms with Crippen LogP contribution in [-0.4, -0.2) is 22.9 Å². The van der Waals surface area contributed by atoms with Crippen LogP contribution < -0.4 is 10.6 Å². The first-order chi connectivity index (χ1) is 6.77. The summed E-state index contributed by atoms with van der Waals surface area (Å²) < 4.78 is 0. The lowest BCUT2D eigenvalue weighted by Crippen LogP contribution is -2.39. The third kappa shape index (κ3) is 1.80. The number of hydrogen-bond donors (Lipinski definition) is 2. The van der Waals surface area contributed by atoms with Gasteiger partial charge in [-0.25, -0.2) is 4.98 Å². The van der Waals surface area contributed by atoms with Crippen molar-refractivity contribution in [3.05, 3.63) is 18.3 Å². The van der Waals surface area contributed by atoms with Gasteiger partial charge in [0, 0.05) is 6.54 Å². The van der Waals surface area contributed by atoms with E-state index in [1.807, 2.05) is 17.0 Å². The van der Waals surface area contributed by atoms with Crippen LogP contribution in [0.2, 0.25) is 0 Å². The maximum atomic E-state index is 9.75. The zero-order valence-corrected chi connectivity index (χ0v) is 8.06. The van der Waals surface area contributed by atoms with E-state index in [4.69, 9.17) is 5.73 Å². The third-order valence-electron chi connectivity index (χ3n) is 2.54. The summed E-state index contributed by atoms with van der Waals surface area (Å²) in [6, 6.07) is 3.66. The standard InChI is InChI=1S/C10H15N3O/c11-8-4-5-9(12-7-8)13-6-2-1-3-10(13)14/h4-5,7,10,14H,1-3,6,11H2. The van der Waals surface area contributed by atoms with E-state index >= 15 is 0 Å². The number of aliphatic hydroxyl groups excluding tert-OH is 1. The molecular weight excluding hydrogens is 178 g/mol. The van der Waals surface area contributed by atoms with Gasteiger partial charge >= 0.3 is 0 Å². The van der Waals surface area contributed by atoms with Gasteiger partial charge in [0.1, 0.15) is 12.0 Å². The Kier molecular flexibility index (Phi) is 2.54. The fourth-order valence-electron chi connectivity index (χ4n) is 1.75. The fourth-order valence-corrected chi connectivity index (χ4v) is 1.75. The summed E-state index contributed by atoms with van der Waals surface area (Å²) in [4.78, 5) is 6.11. The van der Waals surface area contributed by atoms with Crippen molar-refractivity contribution in [2.24, 2.45) is 0 Å². The average Bonchev–Trinajstić information content (AvgIpc) is 2.20. The zero-order valence-electron chi connectivity index (χ0n) is 8.06. The summed E-state index contributed by atoms with van der Waals surface area (Å²) in [6.07, 6.45) is 4.26. The molecule has 76 valence electrons. The Morgan fingerprint density at radius 2 is 2.29 bits per heavy atom. The van der Waals surface area contributed by atoms with Gasteiger partial charge in [0.15, 0.2) is 0 Å². The van der Waals surface area contributed by atoms with E-state index in [1.165, 1.54) is 0 Å². The van der Waals surface area contributed by atoms with Gasteiger partial charge in [-0.05, 0) is 31.4 Å². The molecule has 1 aliphatic heterocycles. The van der Waals surface area contributed by atoms with Crippen molar-refractivity contribution >= 4 is 11.5 Å². The van der Waals surface area contributed by atoms with E-state index in [-0.39, 0.29) is 6.23 Å². The molecule has 0 bridgehead atoms. The van der Waals surface area contributed by atoms with Gasteiger partial charge in [-0.2, -0.15) is 0 Å². The van der Waals surface area contributed by atoms with E-state index in [9.17, 15) is 5.11 Å². The summed E-state index contributed by atoms with van der Waals surface area (Å²) >= 11 is 0. The van der Waals surface area contributed by atoms with Crippen LogP contribution in [0.3, 0.4) is 0 Å². The molecule has 4 heteroatoms. The van der Waals surface area contributed by atoms with Crippen molar-refractivity contribution in [3.63, 3.8) is 0 Å². The second-order valence-electron chi connectivity index (χ2n) is 3.62. The monoisotopic (exact) mass is 193 g/mol. The maximum absolute atomic E-state index is 9.75. The molecular formula is C10H15N3O. The number of anilines is 2. The number of piperidine rings is 1. The van der Waals surface area contributed by atoms with Crippen LogP contribution in [0.4, 0.5) is 11.5 Å². The largest absolute Gasteiger partial charge is 0.397 e. The van der Waals surface area contributed by atoms with Crippen molar-refractivity contribution < 1.29 is 5.11 Å². The number of aliphatic hydroxyl groups is 1. The molecule has 1 fully saturated rings. The molecule has 2 heterocycles. The number of nitrogens with zero attached hydrogens (tertiary/aromatic N) is 2. The molecule has 0 spiro atoms. The molecule has 0 radical (unpaired) electrons. The lowest BCUT2D eigenvalue weighted by molar-refractivity contribution is 0.139. The Morgan fingerprint density at radius 1 is 1.43 bits per heavy atom. The van der Waals surface area contributed by atoms with Gasteiger partial charge in [-0.3, -0.25) is 0 Å².